The van der Waals surface area contributed by atoms with Crippen LogP contribution in [0.15, 0.2) is 24.3 Å². The predicted molar refractivity (Wildman–Crippen MR) is 68.8 cm³/mol. The molecular formula is C14H19NO3. The van der Waals surface area contributed by atoms with Crippen molar-refractivity contribution >= 4 is 5.97 Å². The molecular weight excluding hydrogens is 230 g/mol. The van der Waals surface area contributed by atoms with E-state index in [1.54, 1.807) is 0 Å². The molecule has 2 atom stereocenters. The van der Waals surface area contributed by atoms with Gasteiger partial charge in [-0.15, -0.1) is 0 Å². The van der Waals surface area contributed by atoms with Gasteiger partial charge >= 0.3 is 5.97 Å². The molecule has 1 heterocycles. The molecule has 1 aliphatic rings. The molecule has 4 nitrogen and oxygen atoms in total. The summed E-state index contributed by atoms with van der Waals surface area (Å²) in [7, 11) is 1.41. The van der Waals surface area contributed by atoms with Crippen LogP contribution in [0.25, 0.3) is 0 Å². The molecule has 0 saturated heterocycles. The minimum Gasteiger partial charge on any atom is -0.493 e. The van der Waals surface area contributed by atoms with Crippen molar-refractivity contribution in [2.24, 2.45) is 0 Å². The number of hydrogen-bond acceptors (Lipinski definition) is 4. The van der Waals surface area contributed by atoms with Gasteiger partial charge in [0.05, 0.1) is 20.1 Å². The number of nitrogens with one attached hydrogen (secondary N) is 1. The number of carbonyl (C=O) groups is 1. The van der Waals surface area contributed by atoms with Crippen LogP contribution in [-0.2, 0) is 9.53 Å². The molecule has 1 aromatic carbocycles. The molecule has 0 spiro atoms. The van der Waals surface area contributed by atoms with Crippen molar-refractivity contribution in [1.82, 2.24) is 5.32 Å². The van der Waals surface area contributed by atoms with E-state index in [9.17, 15) is 4.79 Å². The molecule has 2 unspecified atom stereocenters. The Kier molecular flexibility index (Phi) is 4.20. The van der Waals surface area contributed by atoms with Crippen LogP contribution in [0.2, 0.25) is 0 Å². The van der Waals surface area contributed by atoms with Crippen LogP contribution in [0, 0.1) is 0 Å². The van der Waals surface area contributed by atoms with Crippen molar-refractivity contribution in [2.45, 2.75) is 25.3 Å². The van der Waals surface area contributed by atoms with Crippen LogP contribution in [0.3, 0.4) is 0 Å². The first-order valence-electron chi connectivity index (χ1n) is 6.22. The maximum absolute atomic E-state index is 11.1. The number of ether oxygens (including phenoxy) is 2. The van der Waals surface area contributed by atoms with Gasteiger partial charge in [-0.05, 0) is 13.0 Å². The average Bonchev–Trinajstić information content (AvgIpc) is 2.79. The number of esters is 1. The van der Waals surface area contributed by atoms with Crippen molar-refractivity contribution in [3.05, 3.63) is 29.8 Å². The van der Waals surface area contributed by atoms with Crippen molar-refractivity contribution in [3.8, 4) is 5.75 Å². The third-order valence-electron chi connectivity index (χ3n) is 3.21. The van der Waals surface area contributed by atoms with E-state index in [4.69, 9.17) is 4.74 Å². The summed E-state index contributed by atoms with van der Waals surface area (Å²) in [5, 5.41) is 3.35. The van der Waals surface area contributed by atoms with E-state index in [-0.39, 0.29) is 12.0 Å². The van der Waals surface area contributed by atoms with Gasteiger partial charge in [-0.2, -0.15) is 0 Å². The van der Waals surface area contributed by atoms with E-state index in [2.05, 4.69) is 16.1 Å². The number of benzene rings is 1. The predicted octanol–water partition coefficient (Wildman–Crippen LogP) is 1.70. The van der Waals surface area contributed by atoms with Gasteiger partial charge in [-0.1, -0.05) is 18.2 Å². The van der Waals surface area contributed by atoms with Crippen LogP contribution < -0.4 is 10.1 Å². The summed E-state index contributed by atoms with van der Waals surface area (Å²) < 4.78 is 10.3. The molecule has 1 N–H and O–H groups in total. The van der Waals surface area contributed by atoms with E-state index in [0.717, 1.165) is 12.3 Å². The fraction of sp³-hybridized carbons (Fsp3) is 0.500. The summed E-state index contributed by atoms with van der Waals surface area (Å²) in [6, 6.07) is 8.21. The quantitative estimate of drug-likeness (QED) is 0.807. The van der Waals surface area contributed by atoms with E-state index in [1.807, 2.05) is 25.1 Å². The molecule has 0 aliphatic carbocycles. The first-order chi connectivity index (χ1) is 8.70. The number of para-hydroxylation sites is 1. The number of methoxy groups -OCH3 is 1. The molecule has 1 aromatic rings. The Morgan fingerprint density at radius 2 is 2.33 bits per heavy atom. The zero-order valence-electron chi connectivity index (χ0n) is 10.8. The molecule has 0 amide bonds. The van der Waals surface area contributed by atoms with Crippen molar-refractivity contribution < 1.29 is 14.3 Å². The maximum atomic E-state index is 11.1. The third-order valence-corrected chi connectivity index (χ3v) is 3.21. The van der Waals surface area contributed by atoms with Gasteiger partial charge in [-0.3, -0.25) is 4.79 Å². The van der Waals surface area contributed by atoms with Gasteiger partial charge in [0.25, 0.3) is 0 Å². The average molecular weight is 249 g/mol. The summed E-state index contributed by atoms with van der Waals surface area (Å²) in [4.78, 5) is 11.1. The zero-order valence-corrected chi connectivity index (χ0v) is 10.8. The minimum atomic E-state index is -0.182. The summed E-state index contributed by atoms with van der Waals surface area (Å²) >= 11 is 0. The second-order valence-corrected chi connectivity index (χ2v) is 4.64. The highest BCUT2D eigenvalue weighted by atomic mass is 16.5. The lowest BCUT2D eigenvalue weighted by Crippen LogP contribution is -2.32. The highest BCUT2D eigenvalue weighted by Crippen LogP contribution is 2.32. The lowest BCUT2D eigenvalue weighted by atomic mass is 10.0. The topological polar surface area (TPSA) is 47.6 Å². The van der Waals surface area contributed by atoms with Gasteiger partial charge in [0, 0.05) is 24.1 Å². The largest absolute Gasteiger partial charge is 0.493 e. The number of rotatable bonds is 5. The molecule has 0 aromatic heterocycles. The molecule has 4 heteroatoms. The van der Waals surface area contributed by atoms with Crippen molar-refractivity contribution in [2.75, 3.05) is 20.3 Å². The van der Waals surface area contributed by atoms with Crippen molar-refractivity contribution in [3.63, 3.8) is 0 Å². The maximum Gasteiger partial charge on any atom is 0.307 e. The summed E-state index contributed by atoms with van der Waals surface area (Å²) in [6.07, 6.45) is 0.395. The smallest absolute Gasteiger partial charge is 0.307 e. The van der Waals surface area contributed by atoms with Crippen molar-refractivity contribution in [1.29, 1.82) is 0 Å². The summed E-state index contributed by atoms with van der Waals surface area (Å²) in [5.74, 6) is 1.16. The standard InChI is InChI=1S/C14H19NO3/c1-10(7-14(16)17-2)15-8-11-9-18-13-6-4-3-5-12(11)13/h3-6,10-11,15H,7-9H2,1-2H3. The van der Waals surface area contributed by atoms with E-state index in [1.165, 1.54) is 12.7 Å². The molecule has 18 heavy (non-hydrogen) atoms. The van der Waals surface area contributed by atoms with E-state index >= 15 is 0 Å². The zero-order chi connectivity index (χ0) is 13.0. The molecule has 0 saturated carbocycles. The van der Waals surface area contributed by atoms with Crippen LogP contribution in [0.4, 0.5) is 0 Å². The SMILES string of the molecule is COC(=O)CC(C)NCC1COc2ccccc21. The normalized spacial score (nSPS) is 18.9. The van der Waals surface area contributed by atoms with Crippen LogP contribution in [0.5, 0.6) is 5.75 Å². The Morgan fingerprint density at radius 3 is 3.11 bits per heavy atom. The highest BCUT2D eigenvalue weighted by molar-refractivity contribution is 5.69. The summed E-state index contributed by atoms with van der Waals surface area (Å²) in [6.45, 7) is 3.51. The fourth-order valence-electron chi connectivity index (χ4n) is 2.15. The second-order valence-electron chi connectivity index (χ2n) is 4.64. The van der Waals surface area contributed by atoms with E-state index in [0.29, 0.717) is 18.9 Å². The Bertz CT molecular complexity index is 419. The van der Waals surface area contributed by atoms with Crippen LogP contribution >= 0.6 is 0 Å². The molecule has 0 radical (unpaired) electrons. The van der Waals surface area contributed by atoms with Gasteiger partial charge in [0.1, 0.15) is 5.75 Å². The molecule has 0 bridgehead atoms. The van der Waals surface area contributed by atoms with Gasteiger partial charge in [0.15, 0.2) is 0 Å². The molecule has 0 fully saturated rings. The molecule has 1 aliphatic heterocycles. The van der Waals surface area contributed by atoms with Gasteiger partial charge in [-0.25, -0.2) is 0 Å². The molecule has 98 valence electrons. The monoisotopic (exact) mass is 249 g/mol. The lowest BCUT2D eigenvalue weighted by molar-refractivity contribution is -0.141. The first kappa shape index (κ1) is 12.9. The lowest BCUT2D eigenvalue weighted by Gasteiger charge is -2.15. The van der Waals surface area contributed by atoms with Gasteiger partial charge in [0.2, 0.25) is 0 Å². The Labute approximate surface area is 107 Å². The molecule has 2 rings (SSSR count). The first-order valence-corrected chi connectivity index (χ1v) is 6.22. The Balaban J connectivity index is 1.83. The number of fused-ring (bicyclic) bond motifs is 1. The second kappa shape index (κ2) is 5.87. The summed E-state index contributed by atoms with van der Waals surface area (Å²) in [5.41, 5.74) is 1.25. The number of carbonyl (C=O) groups excluding carboxylic acids is 1. The van der Waals surface area contributed by atoms with E-state index < -0.39 is 0 Å². The van der Waals surface area contributed by atoms with Gasteiger partial charge < -0.3 is 14.8 Å². The highest BCUT2D eigenvalue weighted by Gasteiger charge is 2.23. The fourth-order valence-corrected chi connectivity index (χ4v) is 2.15. The Hall–Kier alpha value is -1.55. The van der Waals surface area contributed by atoms with Crippen LogP contribution in [0.1, 0.15) is 24.8 Å². The van der Waals surface area contributed by atoms with Crippen LogP contribution in [-0.4, -0.2) is 32.3 Å². The third kappa shape index (κ3) is 3.01. The minimum absolute atomic E-state index is 0.116. The number of hydrogen-bond donors (Lipinski definition) is 1. The Morgan fingerprint density at radius 1 is 1.56 bits per heavy atom.